The Morgan fingerprint density at radius 3 is 1.09 bits per heavy atom. The molecule has 17 rings (SSSR count). The Bertz CT molecular complexity index is 4820. The Morgan fingerprint density at radius 2 is 0.722 bits per heavy atom. The van der Waals surface area contributed by atoms with Gasteiger partial charge < -0.3 is 76.6 Å². The normalized spacial score (nSPS) is 23.6. The minimum Gasteiger partial charge on any atom is -0.496 e. The fraction of sp³-hybridized carbons (Fsp3) is 0.500. The number of halogens is 2. The first kappa shape index (κ1) is 93.1. The maximum atomic E-state index is 13.9. The highest BCUT2D eigenvalue weighted by Gasteiger charge is 2.50. The lowest BCUT2D eigenvalue weighted by Crippen LogP contribution is -2.52. The summed E-state index contributed by atoms with van der Waals surface area (Å²) in [5.41, 5.74) is 8.63. The van der Waals surface area contributed by atoms with Gasteiger partial charge >= 0.3 is 0 Å². The zero-order valence-corrected chi connectivity index (χ0v) is 75.7. The first-order chi connectivity index (χ1) is 61.3. The van der Waals surface area contributed by atoms with Crippen LogP contribution in [0.4, 0.5) is 10.1 Å². The summed E-state index contributed by atoms with van der Waals surface area (Å²) in [6.07, 6.45) is 14.2. The third-order valence-electron chi connectivity index (χ3n) is 27.0. The van der Waals surface area contributed by atoms with Crippen LogP contribution >= 0.6 is 11.6 Å². The summed E-state index contributed by atoms with van der Waals surface area (Å²) < 4.78 is 81.3. The number of nitrogens with zero attached hydrogens (tertiary/aromatic N) is 5. The molecule has 9 fully saturated rings. The second kappa shape index (κ2) is 43.8. The Morgan fingerprint density at radius 1 is 0.389 bits per heavy atom. The number of piperidine rings is 4. The number of hydrogen-bond acceptors (Lipinski definition) is 16. The van der Waals surface area contributed by atoms with E-state index in [0.29, 0.717) is 131 Å². The molecule has 0 aliphatic carbocycles. The molecule has 8 atom stereocenters. The van der Waals surface area contributed by atoms with Crippen LogP contribution in [0.1, 0.15) is 230 Å². The van der Waals surface area contributed by atoms with E-state index in [1.165, 1.54) is 28.3 Å². The van der Waals surface area contributed by atoms with Crippen LogP contribution in [-0.4, -0.2) is 209 Å². The molecule has 0 bridgehead atoms. The van der Waals surface area contributed by atoms with Gasteiger partial charge in [0.2, 0.25) is 0 Å². The van der Waals surface area contributed by atoms with Crippen LogP contribution in [0, 0.1) is 19.7 Å². The average Bonchev–Trinajstić information content (AvgIpc) is 0.785. The fourth-order valence-electron chi connectivity index (χ4n) is 20.4. The monoisotopic (exact) mass is 1740 g/mol. The maximum absolute atomic E-state index is 13.9. The molecule has 0 radical (unpaired) electrons. The zero-order chi connectivity index (χ0) is 88.2. The summed E-state index contributed by atoms with van der Waals surface area (Å²) in [7, 11) is 3.19. The quantitative estimate of drug-likeness (QED) is 0.0743. The second-order valence-corrected chi connectivity index (χ2v) is 35.5. The number of anilines is 1. The van der Waals surface area contributed by atoms with Gasteiger partial charge in [-0.1, -0.05) is 163 Å². The number of benzene rings is 8. The van der Waals surface area contributed by atoms with Crippen molar-refractivity contribution in [2.45, 2.75) is 216 Å². The molecule has 4 amide bonds. The molecule has 0 N–H and O–H groups in total. The van der Waals surface area contributed by atoms with Crippen LogP contribution < -0.4 is 14.4 Å². The zero-order valence-electron chi connectivity index (χ0n) is 74.9. The van der Waals surface area contributed by atoms with Crippen LogP contribution in [0.25, 0.3) is 0 Å². The highest BCUT2D eigenvalue weighted by Crippen LogP contribution is 2.50. The maximum Gasteiger partial charge on any atom is 0.257 e. The van der Waals surface area contributed by atoms with Gasteiger partial charge in [-0.25, -0.2) is 4.39 Å². The number of amides is 4. The van der Waals surface area contributed by atoms with Gasteiger partial charge in [0.15, 0.2) is 0 Å². The van der Waals surface area contributed by atoms with E-state index in [-0.39, 0.29) is 101 Å². The van der Waals surface area contributed by atoms with E-state index in [1.54, 1.807) is 51.5 Å². The van der Waals surface area contributed by atoms with Crippen LogP contribution in [0.15, 0.2) is 200 Å². The average molecular weight is 1740 g/mol. The molecule has 4 spiro atoms. The molecule has 9 heterocycles. The van der Waals surface area contributed by atoms with E-state index in [0.717, 1.165) is 133 Å². The molecule has 9 aliphatic heterocycles. The Balaban J connectivity index is 0.000000136. The molecular formula is C104H129ClFN5O15. The minimum absolute atomic E-state index is 0.00354. The second-order valence-electron chi connectivity index (χ2n) is 35.1. The Hall–Kier alpha value is -9.10. The Kier molecular flexibility index (Phi) is 32.4. The van der Waals surface area contributed by atoms with Gasteiger partial charge in [-0.15, -0.1) is 0 Å². The lowest BCUT2D eigenvalue weighted by Gasteiger charge is -2.49. The topological polar surface area (TPSA) is 186 Å². The number of morpholine rings is 1. The van der Waals surface area contributed by atoms with Crippen molar-refractivity contribution in [3.05, 3.63) is 267 Å². The van der Waals surface area contributed by atoms with E-state index in [1.807, 2.05) is 113 Å². The van der Waals surface area contributed by atoms with Gasteiger partial charge in [-0.05, 0) is 175 Å². The molecule has 674 valence electrons. The smallest absolute Gasteiger partial charge is 0.257 e. The third-order valence-corrected chi connectivity index (χ3v) is 27.3. The summed E-state index contributed by atoms with van der Waals surface area (Å²) in [4.78, 5) is 62.8. The minimum atomic E-state index is -0.338. The van der Waals surface area contributed by atoms with Crippen molar-refractivity contribution in [1.29, 1.82) is 0 Å². The molecule has 20 nitrogen and oxygen atoms in total. The predicted octanol–water partition coefficient (Wildman–Crippen LogP) is 19.7. The van der Waals surface area contributed by atoms with Crippen molar-refractivity contribution in [3.63, 3.8) is 0 Å². The summed E-state index contributed by atoms with van der Waals surface area (Å²) in [5.74, 6) is 0.952. The van der Waals surface area contributed by atoms with Gasteiger partial charge in [0.25, 0.3) is 23.6 Å². The summed E-state index contributed by atoms with van der Waals surface area (Å²) in [6, 6.07) is 65.2. The number of rotatable bonds is 19. The number of hydrogen-bond donors (Lipinski definition) is 0. The molecular weight excluding hydrogens is 1610 g/mol. The van der Waals surface area contributed by atoms with Crippen LogP contribution in [-0.2, 0) is 42.6 Å². The molecule has 9 aliphatic rings. The van der Waals surface area contributed by atoms with Gasteiger partial charge in [0.05, 0.1) is 115 Å². The van der Waals surface area contributed by atoms with Crippen molar-refractivity contribution < 1.29 is 75.7 Å². The van der Waals surface area contributed by atoms with Gasteiger partial charge in [-0.2, -0.15) is 0 Å². The SMILES string of the molecule is CCOC1CC(c2ccccc2)OC2(CCN(C(=O)c3ccc(OC)c(Cl)c3)CC2)C1.CCOC1CC(c2ccccc2)OC2(CCN(C(=O)c3cccc(C)c3OC)CC2)C1.CCOC1CC(c2ccccc2)OC2(CCN(C(=O)c3cccc(F)c3C)CC2)C1.CCOC1CC(c2ccccc2)OC2(CCN(C(=O)c3ccccc3N3CCOCC3)CC2)C1. The number of likely N-dealkylation sites (tertiary alicyclic amines) is 4. The summed E-state index contributed by atoms with van der Waals surface area (Å²) in [6.45, 7) is 23.0. The van der Waals surface area contributed by atoms with E-state index < -0.39 is 0 Å². The van der Waals surface area contributed by atoms with Crippen molar-refractivity contribution in [1.82, 2.24) is 19.6 Å². The highest BCUT2D eigenvalue weighted by molar-refractivity contribution is 6.32. The van der Waals surface area contributed by atoms with Crippen molar-refractivity contribution in [2.24, 2.45) is 0 Å². The van der Waals surface area contributed by atoms with Gasteiger partial charge in [0, 0.05) is 160 Å². The fourth-order valence-corrected chi connectivity index (χ4v) is 20.7. The molecule has 8 aromatic carbocycles. The van der Waals surface area contributed by atoms with Crippen molar-refractivity contribution in [2.75, 3.05) is 124 Å². The van der Waals surface area contributed by atoms with E-state index in [2.05, 4.69) is 110 Å². The number of para-hydroxylation sites is 2. The summed E-state index contributed by atoms with van der Waals surface area (Å²) in [5, 5.41) is 0.447. The number of ether oxygens (including phenoxy) is 11. The molecule has 9 saturated heterocycles. The number of aryl methyl sites for hydroxylation is 1. The van der Waals surface area contributed by atoms with Crippen LogP contribution in [0.5, 0.6) is 11.5 Å². The van der Waals surface area contributed by atoms with Crippen LogP contribution in [0.3, 0.4) is 0 Å². The molecule has 8 aromatic rings. The number of carbonyl (C=O) groups excluding carboxylic acids is 4. The number of carbonyl (C=O) groups is 4. The van der Waals surface area contributed by atoms with Gasteiger partial charge in [-0.3, -0.25) is 19.2 Å². The Labute approximate surface area is 749 Å². The molecule has 8 unspecified atom stereocenters. The predicted molar refractivity (Wildman–Crippen MR) is 487 cm³/mol. The highest BCUT2D eigenvalue weighted by atomic mass is 35.5. The number of methoxy groups -OCH3 is 2. The van der Waals surface area contributed by atoms with Crippen molar-refractivity contribution in [3.8, 4) is 11.5 Å². The molecule has 22 heteroatoms. The van der Waals surface area contributed by atoms with Gasteiger partial charge in [0.1, 0.15) is 17.3 Å². The largest absolute Gasteiger partial charge is 0.496 e. The standard InChI is InChI=1S/C28H36N2O4.C26H33NO4.C25H30ClNO4.C25H30FNO3/c1-2-33-23-20-26(22-8-4-3-5-9-22)34-28(21-23)12-14-30(15-13-28)27(31)24-10-6-7-11-25(24)29-16-18-32-19-17-29;1-4-30-21-17-23(20-10-6-5-7-11-20)31-26(18-21)13-15-27(16-14-26)25(28)22-12-8-9-19(2)24(22)29-3;1-3-30-20-16-23(18-7-5-4-6-8-18)31-25(17-20)11-13-27(14-12-25)24(28)19-9-10-22(29-2)21(26)15-19;1-3-29-20-16-23(19-8-5-4-6-9-19)30-25(17-20)12-14-27(15-13-25)24(28)21-10-7-11-22(26)18(21)2/h3-11,23,26H,2,12-21H2,1H3;5-12,21,23H,4,13-18H2,1-3H3;4-10,15,20,23H,3,11-14,16-17H2,1-2H3;4-11,20,23H,3,12-17H2,1-2H3. The van der Waals surface area contributed by atoms with E-state index in [4.69, 9.17) is 63.7 Å². The summed E-state index contributed by atoms with van der Waals surface area (Å²) >= 11 is 6.22. The molecule has 126 heavy (non-hydrogen) atoms. The van der Waals surface area contributed by atoms with Crippen LogP contribution in [0.2, 0.25) is 5.02 Å². The first-order valence-corrected chi connectivity index (χ1v) is 46.3. The molecule has 0 aromatic heterocycles. The lowest BCUT2D eigenvalue weighted by atomic mass is 9.80. The van der Waals surface area contributed by atoms with E-state index in [9.17, 15) is 23.6 Å². The van der Waals surface area contributed by atoms with Crippen molar-refractivity contribution >= 4 is 40.9 Å². The molecule has 0 saturated carbocycles. The first-order valence-electron chi connectivity index (χ1n) is 46.0. The third kappa shape index (κ3) is 22.9. The van der Waals surface area contributed by atoms with E-state index >= 15 is 0 Å². The lowest BCUT2D eigenvalue weighted by molar-refractivity contribution is -0.191.